The third kappa shape index (κ3) is 3.19. The van der Waals surface area contributed by atoms with Crippen molar-refractivity contribution in [3.63, 3.8) is 0 Å². The zero-order chi connectivity index (χ0) is 14.7. The molecule has 5 nitrogen and oxygen atoms in total. The van der Waals surface area contributed by atoms with Gasteiger partial charge in [-0.2, -0.15) is 0 Å². The Morgan fingerprint density at radius 3 is 3.00 bits per heavy atom. The molecule has 1 fully saturated rings. The molecule has 2 N–H and O–H groups in total. The number of fused-ring (bicyclic) bond motifs is 1. The first-order chi connectivity index (χ1) is 10.3. The van der Waals surface area contributed by atoms with E-state index in [9.17, 15) is 4.79 Å². The van der Waals surface area contributed by atoms with Crippen molar-refractivity contribution in [1.82, 2.24) is 4.90 Å². The second-order valence-electron chi connectivity index (χ2n) is 5.60. The summed E-state index contributed by atoms with van der Waals surface area (Å²) >= 11 is 0. The van der Waals surface area contributed by atoms with E-state index < -0.39 is 0 Å². The summed E-state index contributed by atoms with van der Waals surface area (Å²) in [6.45, 7) is 2.62. The summed E-state index contributed by atoms with van der Waals surface area (Å²) in [5.74, 6) is 0.834. The predicted molar refractivity (Wildman–Crippen MR) is 79.2 cm³/mol. The molecule has 0 radical (unpaired) electrons. The first-order valence-corrected chi connectivity index (χ1v) is 7.61. The minimum atomic E-state index is 0.0241. The Labute approximate surface area is 125 Å². The summed E-state index contributed by atoms with van der Waals surface area (Å²) < 4.78 is 11.0. The van der Waals surface area contributed by atoms with E-state index in [1.165, 1.54) is 5.56 Å². The number of hydrogen-bond donors (Lipinski definition) is 1. The van der Waals surface area contributed by atoms with Gasteiger partial charge in [0, 0.05) is 19.1 Å². The highest BCUT2D eigenvalue weighted by molar-refractivity contribution is 5.77. The Kier molecular flexibility index (Phi) is 4.41. The Hall–Kier alpha value is -1.59. The molecule has 1 aromatic rings. The first-order valence-electron chi connectivity index (χ1n) is 7.61. The molecule has 0 bridgehead atoms. The largest absolute Gasteiger partial charge is 0.483 e. The molecule has 1 unspecified atom stereocenters. The van der Waals surface area contributed by atoms with Crippen LogP contribution in [0.3, 0.4) is 0 Å². The molecule has 1 aliphatic carbocycles. The highest BCUT2D eigenvalue weighted by atomic mass is 16.5. The van der Waals surface area contributed by atoms with Crippen molar-refractivity contribution in [2.24, 2.45) is 5.73 Å². The molecule has 5 heteroatoms. The molecule has 3 rings (SSSR count). The number of rotatable bonds is 3. The van der Waals surface area contributed by atoms with E-state index in [0.29, 0.717) is 26.3 Å². The lowest BCUT2D eigenvalue weighted by Crippen LogP contribution is -2.43. The molecule has 1 atom stereocenters. The third-order valence-corrected chi connectivity index (χ3v) is 4.23. The van der Waals surface area contributed by atoms with Crippen LogP contribution in [0.5, 0.6) is 5.75 Å². The molecule has 1 amide bonds. The maximum atomic E-state index is 12.1. The van der Waals surface area contributed by atoms with Crippen molar-refractivity contribution in [1.29, 1.82) is 0 Å². The van der Waals surface area contributed by atoms with Crippen LogP contribution in [0.2, 0.25) is 0 Å². The van der Waals surface area contributed by atoms with E-state index in [-0.39, 0.29) is 18.6 Å². The van der Waals surface area contributed by atoms with Gasteiger partial charge in [0.05, 0.1) is 13.2 Å². The number of carbonyl (C=O) groups is 1. The van der Waals surface area contributed by atoms with E-state index >= 15 is 0 Å². The fourth-order valence-corrected chi connectivity index (χ4v) is 3.03. The Morgan fingerprint density at radius 1 is 1.38 bits per heavy atom. The van der Waals surface area contributed by atoms with Gasteiger partial charge in [0.2, 0.25) is 0 Å². The van der Waals surface area contributed by atoms with Gasteiger partial charge in [-0.05, 0) is 36.5 Å². The number of carbonyl (C=O) groups excluding carboxylic acids is 1. The number of nitrogens with zero attached hydrogens (tertiary/aromatic N) is 1. The van der Waals surface area contributed by atoms with Gasteiger partial charge in [0.15, 0.2) is 6.61 Å². The highest BCUT2D eigenvalue weighted by Crippen LogP contribution is 2.33. The molecule has 0 aromatic heterocycles. The van der Waals surface area contributed by atoms with Crippen LogP contribution in [0.15, 0.2) is 18.2 Å². The molecule has 114 valence electrons. The van der Waals surface area contributed by atoms with Crippen molar-refractivity contribution in [2.45, 2.75) is 25.3 Å². The van der Waals surface area contributed by atoms with Crippen LogP contribution in [-0.2, 0) is 16.0 Å². The fourth-order valence-electron chi connectivity index (χ4n) is 3.03. The van der Waals surface area contributed by atoms with Crippen LogP contribution in [0.4, 0.5) is 0 Å². The van der Waals surface area contributed by atoms with E-state index in [0.717, 1.165) is 30.6 Å². The third-order valence-electron chi connectivity index (χ3n) is 4.23. The van der Waals surface area contributed by atoms with Crippen molar-refractivity contribution in [3.05, 3.63) is 29.3 Å². The average Bonchev–Trinajstić information content (AvgIpc) is 2.54. The summed E-state index contributed by atoms with van der Waals surface area (Å²) in [5.41, 5.74) is 8.48. The minimum Gasteiger partial charge on any atom is -0.483 e. The van der Waals surface area contributed by atoms with Gasteiger partial charge in [-0.1, -0.05) is 12.1 Å². The standard InChI is InChI=1S/C16H22N2O3/c17-14-5-1-4-13-12(14)3-2-6-15(13)21-11-16(19)18-7-9-20-10-8-18/h2-3,6,14H,1,4-5,7-11,17H2. The molecule has 1 heterocycles. The molecule has 2 aliphatic rings. The Balaban J connectivity index is 1.65. The minimum absolute atomic E-state index is 0.0241. The van der Waals surface area contributed by atoms with E-state index in [4.69, 9.17) is 15.2 Å². The topological polar surface area (TPSA) is 64.8 Å². The number of benzene rings is 1. The number of amides is 1. The molecule has 1 aliphatic heterocycles. The Bertz CT molecular complexity index is 512. The SMILES string of the molecule is NC1CCCc2c(OCC(=O)N3CCOCC3)cccc21. The number of hydrogen-bond acceptors (Lipinski definition) is 4. The van der Waals surface area contributed by atoms with Crippen LogP contribution < -0.4 is 10.5 Å². The number of morpholine rings is 1. The molecule has 0 spiro atoms. The zero-order valence-corrected chi connectivity index (χ0v) is 12.2. The number of nitrogens with two attached hydrogens (primary N) is 1. The van der Waals surface area contributed by atoms with E-state index in [1.807, 2.05) is 12.1 Å². The monoisotopic (exact) mass is 290 g/mol. The maximum Gasteiger partial charge on any atom is 0.260 e. The van der Waals surface area contributed by atoms with Crippen LogP contribution in [-0.4, -0.2) is 43.7 Å². The number of ether oxygens (including phenoxy) is 2. The van der Waals surface area contributed by atoms with E-state index in [2.05, 4.69) is 6.07 Å². The molecule has 1 aromatic carbocycles. The maximum absolute atomic E-state index is 12.1. The van der Waals surface area contributed by atoms with Gasteiger partial charge in [0.1, 0.15) is 5.75 Å². The van der Waals surface area contributed by atoms with E-state index in [1.54, 1.807) is 4.90 Å². The highest BCUT2D eigenvalue weighted by Gasteiger charge is 2.21. The molecule has 0 saturated carbocycles. The lowest BCUT2D eigenvalue weighted by atomic mass is 9.88. The summed E-state index contributed by atoms with van der Waals surface area (Å²) in [7, 11) is 0. The van der Waals surface area contributed by atoms with Crippen molar-refractivity contribution < 1.29 is 14.3 Å². The van der Waals surface area contributed by atoms with Gasteiger partial charge < -0.3 is 20.1 Å². The van der Waals surface area contributed by atoms with Crippen LogP contribution in [0.1, 0.15) is 30.0 Å². The van der Waals surface area contributed by atoms with Crippen molar-refractivity contribution >= 4 is 5.91 Å². The first kappa shape index (κ1) is 14.4. The van der Waals surface area contributed by atoms with Gasteiger partial charge in [-0.15, -0.1) is 0 Å². The van der Waals surface area contributed by atoms with Gasteiger partial charge in [0.25, 0.3) is 5.91 Å². The summed E-state index contributed by atoms with van der Waals surface area (Å²) in [5, 5.41) is 0. The van der Waals surface area contributed by atoms with Crippen molar-refractivity contribution in [3.8, 4) is 5.75 Å². The van der Waals surface area contributed by atoms with Gasteiger partial charge in [-0.25, -0.2) is 0 Å². The molecule has 1 saturated heterocycles. The Morgan fingerprint density at radius 2 is 2.19 bits per heavy atom. The second-order valence-corrected chi connectivity index (χ2v) is 5.60. The second kappa shape index (κ2) is 6.45. The summed E-state index contributed by atoms with van der Waals surface area (Å²) in [6, 6.07) is 6.05. The fraction of sp³-hybridized carbons (Fsp3) is 0.562. The van der Waals surface area contributed by atoms with Gasteiger partial charge >= 0.3 is 0 Å². The smallest absolute Gasteiger partial charge is 0.260 e. The van der Waals surface area contributed by atoms with Crippen molar-refractivity contribution in [2.75, 3.05) is 32.9 Å². The average molecular weight is 290 g/mol. The molecular weight excluding hydrogens is 268 g/mol. The van der Waals surface area contributed by atoms with Crippen LogP contribution in [0.25, 0.3) is 0 Å². The summed E-state index contributed by atoms with van der Waals surface area (Å²) in [4.78, 5) is 13.9. The quantitative estimate of drug-likeness (QED) is 0.910. The molecular formula is C16H22N2O3. The summed E-state index contributed by atoms with van der Waals surface area (Å²) in [6.07, 6.45) is 3.07. The normalized spacial score (nSPS) is 21.8. The lowest BCUT2D eigenvalue weighted by Gasteiger charge is -2.27. The zero-order valence-electron chi connectivity index (χ0n) is 12.2. The van der Waals surface area contributed by atoms with Crippen LogP contribution in [0, 0.1) is 0 Å². The lowest BCUT2D eigenvalue weighted by molar-refractivity contribution is -0.137. The predicted octanol–water partition coefficient (Wildman–Crippen LogP) is 1.26. The van der Waals surface area contributed by atoms with Crippen LogP contribution >= 0.6 is 0 Å². The molecule has 21 heavy (non-hydrogen) atoms. The van der Waals surface area contributed by atoms with Gasteiger partial charge in [-0.3, -0.25) is 4.79 Å².